The van der Waals surface area contributed by atoms with Crippen molar-refractivity contribution in [2.24, 2.45) is 16.2 Å². The molecular weight excluding hydrogens is 364 g/mol. The van der Waals surface area contributed by atoms with Gasteiger partial charge in [0.25, 0.3) is 0 Å². The minimum atomic E-state index is -0.633. The number of benzene rings is 2. The van der Waals surface area contributed by atoms with Crippen LogP contribution in [-0.4, -0.2) is 19.4 Å². The molecule has 2 rings (SSSR count). The number of esters is 1. The molecule has 2 atom stereocenters. The molecule has 2 unspecified atom stereocenters. The van der Waals surface area contributed by atoms with Gasteiger partial charge in [-0.2, -0.15) is 0 Å². The van der Waals surface area contributed by atoms with E-state index >= 15 is 0 Å². The predicted molar refractivity (Wildman–Crippen MR) is 118 cm³/mol. The molecule has 0 radical (unpaired) electrons. The van der Waals surface area contributed by atoms with E-state index in [0.29, 0.717) is 11.5 Å². The van der Waals surface area contributed by atoms with Crippen molar-refractivity contribution in [3.63, 3.8) is 0 Å². The van der Waals surface area contributed by atoms with Crippen molar-refractivity contribution in [1.82, 2.24) is 0 Å². The van der Waals surface area contributed by atoms with E-state index in [2.05, 4.69) is 41.5 Å². The molecule has 0 fully saturated rings. The van der Waals surface area contributed by atoms with Crippen LogP contribution in [0, 0.1) is 16.2 Å². The Balaban J connectivity index is 2.45. The second-order valence-corrected chi connectivity index (χ2v) is 10.2. The highest BCUT2D eigenvalue weighted by atomic mass is 16.7. The van der Waals surface area contributed by atoms with Gasteiger partial charge >= 0.3 is 5.97 Å². The Hall–Kier alpha value is -2.07. The Morgan fingerprint density at radius 3 is 1.90 bits per heavy atom. The minimum absolute atomic E-state index is 0.00287. The lowest BCUT2D eigenvalue weighted by Gasteiger charge is -2.43. The van der Waals surface area contributed by atoms with Gasteiger partial charge in [-0.1, -0.05) is 65.8 Å². The average molecular weight is 401 g/mol. The summed E-state index contributed by atoms with van der Waals surface area (Å²) in [7, 11) is 1.60. The van der Waals surface area contributed by atoms with E-state index < -0.39 is 5.41 Å². The summed E-state index contributed by atoms with van der Waals surface area (Å²) < 4.78 is 17.1. The quantitative estimate of drug-likeness (QED) is 0.311. The van der Waals surface area contributed by atoms with E-state index in [4.69, 9.17) is 14.2 Å². The van der Waals surface area contributed by atoms with Crippen LogP contribution in [0.1, 0.15) is 61.8 Å². The molecule has 0 amide bonds. The summed E-state index contributed by atoms with van der Waals surface area (Å²) in [6.45, 7) is 16.6. The maximum Gasteiger partial charge on any atom is 0.317 e. The molecule has 0 bridgehead atoms. The number of hydrogen-bond acceptors (Lipinski definition) is 4. The van der Waals surface area contributed by atoms with Crippen molar-refractivity contribution in [2.75, 3.05) is 7.11 Å². The second-order valence-electron chi connectivity index (χ2n) is 10.2. The first kappa shape index (κ1) is 23.2. The molecule has 0 spiro atoms. The van der Waals surface area contributed by atoms with Crippen molar-refractivity contribution in [1.29, 1.82) is 0 Å². The Morgan fingerprint density at radius 1 is 0.897 bits per heavy atom. The molecule has 0 aliphatic rings. The van der Waals surface area contributed by atoms with Crippen LogP contribution >= 0.6 is 0 Å². The Labute approximate surface area is 175 Å². The summed E-state index contributed by atoms with van der Waals surface area (Å²) in [5, 5.41) is 1.73. The first-order valence-corrected chi connectivity index (χ1v) is 10.2. The summed E-state index contributed by atoms with van der Waals surface area (Å²) in [5.41, 5.74) is -0.882. The third-order valence-corrected chi connectivity index (χ3v) is 5.66. The Kier molecular flexibility index (Phi) is 6.68. The second kappa shape index (κ2) is 8.35. The van der Waals surface area contributed by atoms with Crippen LogP contribution in [-0.2, 0) is 9.53 Å². The van der Waals surface area contributed by atoms with E-state index in [0.717, 1.165) is 17.2 Å². The fraction of sp³-hybridized carbons (Fsp3) is 0.560. The lowest BCUT2D eigenvalue weighted by atomic mass is 9.61. The number of carbonyl (C=O) groups excluding carboxylic acids is 1. The predicted octanol–water partition coefficient (Wildman–Crippen LogP) is 6.61. The lowest BCUT2D eigenvalue weighted by molar-refractivity contribution is -0.154. The van der Waals surface area contributed by atoms with E-state index in [1.807, 2.05) is 50.2 Å². The molecule has 4 heteroatoms. The number of methoxy groups -OCH3 is 1. The molecule has 2 aromatic rings. The molecule has 2 aromatic carbocycles. The zero-order chi connectivity index (χ0) is 22.0. The Bertz CT molecular complexity index is 857. The van der Waals surface area contributed by atoms with Crippen molar-refractivity contribution in [2.45, 2.75) is 68.1 Å². The van der Waals surface area contributed by atoms with Gasteiger partial charge in [0.05, 0.1) is 5.41 Å². The van der Waals surface area contributed by atoms with E-state index in [1.165, 1.54) is 0 Å². The van der Waals surface area contributed by atoms with Crippen molar-refractivity contribution < 1.29 is 19.0 Å². The van der Waals surface area contributed by atoms with E-state index in [-0.39, 0.29) is 23.1 Å². The van der Waals surface area contributed by atoms with Crippen LogP contribution < -0.4 is 9.47 Å². The van der Waals surface area contributed by atoms with Gasteiger partial charge in [-0.15, -0.1) is 0 Å². The zero-order valence-electron chi connectivity index (χ0n) is 19.4. The molecule has 0 saturated carbocycles. The molecule has 0 aromatic heterocycles. The normalized spacial score (nSPS) is 15.6. The van der Waals surface area contributed by atoms with Crippen molar-refractivity contribution >= 4 is 16.7 Å². The number of ether oxygens (including phenoxy) is 3. The average Bonchev–Trinajstić information content (AvgIpc) is 2.59. The van der Waals surface area contributed by atoms with E-state index in [1.54, 1.807) is 7.11 Å². The third-order valence-electron chi connectivity index (χ3n) is 5.66. The fourth-order valence-corrected chi connectivity index (χ4v) is 3.59. The van der Waals surface area contributed by atoms with Crippen LogP contribution in [0.25, 0.3) is 10.8 Å². The zero-order valence-corrected chi connectivity index (χ0v) is 19.4. The monoisotopic (exact) mass is 400 g/mol. The fourth-order valence-electron chi connectivity index (χ4n) is 3.59. The van der Waals surface area contributed by atoms with Gasteiger partial charge in [0, 0.05) is 17.9 Å². The van der Waals surface area contributed by atoms with Crippen LogP contribution in [0.2, 0.25) is 0 Å². The molecule has 0 heterocycles. The van der Waals surface area contributed by atoms with Gasteiger partial charge in [0.2, 0.25) is 0 Å². The van der Waals surface area contributed by atoms with Crippen LogP contribution in [0.15, 0.2) is 36.4 Å². The minimum Gasteiger partial charge on any atom is -0.465 e. The Morgan fingerprint density at radius 2 is 1.41 bits per heavy atom. The van der Waals surface area contributed by atoms with Gasteiger partial charge < -0.3 is 14.2 Å². The molecule has 4 nitrogen and oxygen atoms in total. The van der Waals surface area contributed by atoms with Gasteiger partial charge in [-0.05, 0) is 43.2 Å². The standard InChI is InChI=1S/C25H36O4/c1-17(27-9)28-20-14-10-13-19-18(20)12-11-15-21(19)29-22(26)25(8,24(5,6)7)16-23(2,3)4/h10-15,17H,16H2,1-9H3. The number of hydrogen-bond donors (Lipinski definition) is 0. The summed E-state index contributed by atoms with van der Waals surface area (Å²) in [4.78, 5) is 13.4. The molecule has 0 saturated heterocycles. The third kappa shape index (κ3) is 5.30. The number of rotatable bonds is 6. The molecule has 0 aliphatic heterocycles. The highest BCUT2D eigenvalue weighted by Gasteiger charge is 2.48. The van der Waals surface area contributed by atoms with Crippen LogP contribution in [0.3, 0.4) is 0 Å². The SMILES string of the molecule is COC(C)Oc1cccc2c(OC(=O)C(C)(CC(C)(C)C)C(C)(C)C)cccc12. The molecule has 29 heavy (non-hydrogen) atoms. The van der Waals surface area contributed by atoms with Gasteiger partial charge in [-0.25, -0.2) is 0 Å². The highest BCUT2D eigenvalue weighted by Crippen LogP contribution is 2.48. The molecule has 160 valence electrons. The summed E-state index contributed by atoms with van der Waals surface area (Å²) >= 11 is 0. The summed E-state index contributed by atoms with van der Waals surface area (Å²) in [5.74, 6) is 1.04. The molecule has 0 aliphatic carbocycles. The summed E-state index contributed by atoms with van der Waals surface area (Å²) in [6, 6.07) is 11.4. The highest BCUT2D eigenvalue weighted by molar-refractivity contribution is 5.95. The van der Waals surface area contributed by atoms with Crippen molar-refractivity contribution in [3.8, 4) is 11.5 Å². The smallest absolute Gasteiger partial charge is 0.317 e. The topological polar surface area (TPSA) is 44.8 Å². The lowest BCUT2D eigenvalue weighted by Crippen LogP contribution is -2.45. The number of carbonyl (C=O) groups is 1. The number of fused-ring (bicyclic) bond motifs is 1. The van der Waals surface area contributed by atoms with Gasteiger partial charge in [0.15, 0.2) is 6.29 Å². The van der Waals surface area contributed by atoms with Gasteiger partial charge in [-0.3, -0.25) is 4.79 Å². The van der Waals surface area contributed by atoms with Crippen molar-refractivity contribution in [3.05, 3.63) is 36.4 Å². The maximum absolute atomic E-state index is 13.4. The van der Waals surface area contributed by atoms with Crippen LogP contribution in [0.5, 0.6) is 11.5 Å². The first-order chi connectivity index (χ1) is 13.3. The maximum atomic E-state index is 13.4. The molecular formula is C25H36O4. The van der Waals surface area contributed by atoms with E-state index in [9.17, 15) is 4.79 Å². The first-order valence-electron chi connectivity index (χ1n) is 10.2. The van der Waals surface area contributed by atoms with Gasteiger partial charge in [0.1, 0.15) is 11.5 Å². The van der Waals surface area contributed by atoms with Crippen LogP contribution in [0.4, 0.5) is 0 Å². The summed E-state index contributed by atoms with van der Waals surface area (Å²) in [6.07, 6.45) is 0.357. The largest absolute Gasteiger partial charge is 0.465 e. The molecule has 0 N–H and O–H groups in total.